The largest absolute Gasteiger partial charge is 0.356 e. The van der Waals surface area contributed by atoms with E-state index in [1.165, 1.54) is 0 Å². The maximum atomic E-state index is 12.4. The molecule has 0 aromatic carbocycles. The van der Waals surface area contributed by atoms with E-state index >= 15 is 0 Å². The molecule has 0 spiro atoms. The van der Waals surface area contributed by atoms with Gasteiger partial charge in [-0.15, -0.1) is 0 Å². The lowest BCUT2D eigenvalue weighted by atomic mass is 10.1. The minimum Gasteiger partial charge on any atom is -0.356 e. The second-order valence-electron chi connectivity index (χ2n) is 6.88. The molecule has 2 aliphatic rings. The fraction of sp³-hybridized carbons (Fsp3) is 0.474. The summed E-state index contributed by atoms with van der Waals surface area (Å²) in [5.41, 5.74) is 0.688. The van der Waals surface area contributed by atoms with Crippen molar-refractivity contribution in [1.29, 1.82) is 0 Å². The highest BCUT2D eigenvalue weighted by molar-refractivity contribution is 5.94. The van der Waals surface area contributed by atoms with E-state index in [4.69, 9.17) is 0 Å². The molecular formula is C19H24N6O. The maximum Gasteiger partial charge on any atom is 0.255 e. The predicted octanol–water partition coefficient (Wildman–Crippen LogP) is 2.19. The Morgan fingerprint density at radius 1 is 1.00 bits per heavy atom. The van der Waals surface area contributed by atoms with Crippen molar-refractivity contribution in [1.82, 2.24) is 19.9 Å². The monoisotopic (exact) mass is 352 g/mol. The molecule has 0 aliphatic carbocycles. The van der Waals surface area contributed by atoms with Gasteiger partial charge in [-0.25, -0.2) is 15.0 Å². The summed E-state index contributed by atoms with van der Waals surface area (Å²) in [5.74, 6) is 1.73. The van der Waals surface area contributed by atoms with Gasteiger partial charge in [0.2, 0.25) is 5.95 Å². The number of amides is 1. The van der Waals surface area contributed by atoms with Gasteiger partial charge in [0.25, 0.3) is 5.91 Å². The van der Waals surface area contributed by atoms with Crippen LogP contribution >= 0.6 is 0 Å². The Bertz CT molecular complexity index is 721. The Labute approximate surface area is 153 Å². The Morgan fingerprint density at radius 2 is 1.73 bits per heavy atom. The van der Waals surface area contributed by atoms with E-state index in [1.54, 1.807) is 18.6 Å². The highest BCUT2D eigenvalue weighted by Crippen LogP contribution is 2.20. The average Bonchev–Trinajstić information content (AvgIpc) is 3.24. The van der Waals surface area contributed by atoms with E-state index in [2.05, 4.69) is 25.2 Å². The van der Waals surface area contributed by atoms with Gasteiger partial charge < -0.3 is 15.1 Å². The van der Waals surface area contributed by atoms with Gasteiger partial charge in [-0.1, -0.05) is 0 Å². The van der Waals surface area contributed by atoms with Crippen molar-refractivity contribution in [3.8, 4) is 0 Å². The second-order valence-corrected chi connectivity index (χ2v) is 6.88. The molecule has 0 radical (unpaired) electrons. The number of hydrogen-bond acceptors (Lipinski definition) is 6. The third-order valence-corrected chi connectivity index (χ3v) is 5.11. The number of likely N-dealkylation sites (tertiary alicyclic amines) is 1. The van der Waals surface area contributed by atoms with E-state index < -0.39 is 0 Å². The van der Waals surface area contributed by atoms with Crippen molar-refractivity contribution in [3.05, 3.63) is 42.4 Å². The van der Waals surface area contributed by atoms with Crippen molar-refractivity contribution in [3.63, 3.8) is 0 Å². The molecule has 26 heavy (non-hydrogen) atoms. The fourth-order valence-corrected chi connectivity index (χ4v) is 3.61. The summed E-state index contributed by atoms with van der Waals surface area (Å²) in [6, 6.07) is 6.07. The molecule has 0 unspecified atom stereocenters. The van der Waals surface area contributed by atoms with Gasteiger partial charge in [0.15, 0.2) is 0 Å². The summed E-state index contributed by atoms with van der Waals surface area (Å²) in [7, 11) is 0. The summed E-state index contributed by atoms with van der Waals surface area (Å²) in [5, 5.41) is 3.39. The van der Waals surface area contributed by atoms with Crippen LogP contribution < -0.4 is 10.2 Å². The molecule has 2 saturated heterocycles. The van der Waals surface area contributed by atoms with E-state index in [-0.39, 0.29) is 5.91 Å². The maximum absolute atomic E-state index is 12.4. The molecule has 2 fully saturated rings. The molecule has 0 atom stereocenters. The van der Waals surface area contributed by atoms with Crippen LogP contribution in [0.4, 0.5) is 11.8 Å². The Kier molecular flexibility index (Phi) is 4.95. The molecule has 2 aliphatic heterocycles. The van der Waals surface area contributed by atoms with Gasteiger partial charge in [0, 0.05) is 50.8 Å². The zero-order valence-electron chi connectivity index (χ0n) is 14.8. The highest BCUT2D eigenvalue weighted by Gasteiger charge is 2.22. The number of pyridine rings is 1. The van der Waals surface area contributed by atoms with Crippen LogP contribution in [0.25, 0.3) is 0 Å². The number of hydrogen-bond donors (Lipinski definition) is 1. The van der Waals surface area contributed by atoms with Crippen molar-refractivity contribution in [2.24, 2.45) is 0 Å². The first-order chi connectivity index (χ1) is 12.8. The Morgan fingerprint density at radius 3 is 2.38 bits per heavy atom. The number of carbonyl (C=O) groups is 1. The van der Waals surface area contributed by atoms with Crippen molar-refractivity contribution in [2.45, 2.75) is 31.7 Å². The first-order valence-corrected chi connectivity index (χ1v) is 9.33. The SMILES string of the molecule is O=C(c1ccc(N2CCC(Nc3ncccn3)CC2)nc1)N1CCCC1. The van der Waals surface area contributed by atoms with Gasteiger partial charge in [-0.05, 0) is 43.9 Å². The number of aromatic nitrogens is 3. The molecule has 2 aromatic heterocycles. The molecule has 136 valence electrons. The number of nitrogens with zero attached hydrogens (tertiary/aromatic N) is 5. The van der Waals surface area contributed by atoms with Gasteiger partial charge in [0.1, 0.15) is 5.82 Å². The zero-order valence-corrected chi connectivity index (χ0v) is 14.8. The predicted molar refractivity (Wildman–Crippen MR) is 100 cm³/mol. The minimum atomic E-state index is 0.104. The summed E-state index contributed by atoms with van der Waals surface area (Å²) >= 11 is 0. The number of carbonyl (C=O) groups excluding carboxylic acids is 1. The van der Waals surface area contributed by atoms with Crippen LogP contribution in [0.5, 0.6) is 0 Å². The lowest BCUT2D eigenvalue weighted by Gasteiger charge is -2.33. The molecule has 7 nitrogen and oxygen atoms in total. The van der Waals surface area contributed by atoms with Gasteiger partial charge in [-0.3, -0.25) is 4.79 Å². The number of anilines is 2. The van der Waals surface area contributed by atoms with E-state index in [0.717, 1.165) is 57.7 Å². The van der Waals surface area contributed by atoms with Crippen LogP contribution in [0.1, 0.15) is 36.0 Å². The number of piperidine rings is 1. The summed E-state index contributed by atoms with van der Waals surface area (Å²) < 4.78 is 0. The first-order valence-electron chi connectivity index (χ1n) is 9.33. The second kappa shape index (κ2) is 7.68. The third-order valence-electron chi connectivity index (χ3n) is 5.11. The Hall–Kier alpha value is -2.70. The first kappa shape index (κ1) is 16.8. The van der Waals surface area contributed by atoms with Crippen molar-refractivity contribution < 1.29 is 4.79 Å². The molecule has 0 bridgehead atoms. The van der Waals surface area contributed by atoms with Crippen LogP contribution in [-0.2, 0) is 0 Å². The number of nitrogens with one attached hydrogen (secondary N) is 1. The van der Waals surface area contributed by atoms with Crippen molar-refractivity contribution >= 4 is 17.7 Å². The molecule has 4 rings (SSSR count). The zero-order chi connectivity index (χ0) is 17.8. The van der Waals surface area contributed by atoms with E-state index in [9.17, 15) is 4.79 Å². The summed E-state index contributed by atoms with van der Waals surface area (Å²) in [6.45, 7) is 3.59. The topological polar surface area (TPSA) is 74.2 Å². The van der Waals surface area contributed by atoms with E-state index in [0.29, 0.717) is 17.6 Å². The van der Waals surface area contributed by atoms with Crippen molar-refractivity contribution in [2.75, 3.05) is 36.4 Å². The van der Waals surface area contributed by atoms with Gasteiger partial charge in [-0.2, -0.15) is 0 Å². The third kappa shape index (κ3) is 3.76. The van der Waals surface area contributed by atoms with Gasteiger partial charge >= 0.3 is 0 Å². The van der Waals surface area contributed by atoms with Gasteiger partial charge in [0.05, 0.1) is 5.56 Å². The van der Waals surface area contributed by atoms with Crippen LogP contribution in [-0.4, -0.2) is 58.0 Å². The average molecular weight is 352 g/mol. The molecule has 0 saturated carbocycles. The molecule has 1 amide bonds. The standard InChI is InChI=1S/C19H24N6O/c26-18(25-10-1-2-11-25)15-4-5-17(22-14-15)24-12-6-16(7-13-24)23-19-20-8-3-9-21-19/h3-5,8-9,14,16H,1-2,6-7,10-13H2,(H,20,21,23). The minimum absolute atomic E-state index is 0.104. The quantitative estimate of drug-likeness (QED) is 0.909. The highest BCUT2D eigenvalue weighted by atomic mass is 16.2. The number of rotatable bonds is 4. The van der Waals surface area contributed by atoms with Crippen LogP contribution in [0.2, 0.25) is 0 Å². The van der Waals surface area contributed by atoms with Crippen LogP contribution in [0.3, 0.4) is 0 Å². The normalized spacial score (nSPS) is 18.2. The Balaban J connectivity index is 1.32. The lowest BCUT2D eigenvalue weighted by Crippen LogP contribution is -2.39. The molecule has 1 N–H and O–H groups in total. The van der Waals surface area contributed by atoms with Crippen LogP contribution in [0.15, 0.2) is 36.8 Å². The molecule has 2 aromatic rings. The van der Waals surface area contributed by atoms with Crippen LogP contribution in [0, 0.1) is 0 Å². The fourth-order valence-electron chi connectivity index (χ4n) is 3.61. The summed E-state index contributed by atoms with van der Waals surface area (Å²) in [6.07, 6.45) is 9.45. The molecule has 4 heterocycles. The molecular weight excluding hydrogens is 328 g/mol. The van der Waals surface area contributed by atoms with E-state index in [1.807, 2.05) is 23.1 Å². The molecule has 7 heteroatoms. The smallest absolute Gasteiger partial charge is 0.255 e. The summed E-state index contributed by atoms with van der Waals surface area (Å²) in [4.78, 5) is 29.6. The lowest BCUT2D eigenvalue weighted by molar-refractivity contribution is 0.0792.